The van der Waals surface area contributed by atoms with Gasteiger partial charge in [-0.3, -0.25) is 9.59 Å². The lowest BCUT2D eigenvalue weighted by molar-refractivity contribution is -0.122. The molecule has 4 aromatic rings. The van der Waals surface area contributed by atoms with Crippen molar-refractivity contribution in [2.75, 3.05) is 16.8 Å². The molecule has 2 amide bonds. The molecule has 1 N–H and O–H groups in total. The fourth-order valence-corrected chi connectivity index (χ4v) is 5.15. The highest BCUT2D eigenvalue weighted by molar-refractivity contribution is 7.15. The number of rotatable bonds is 5. The van der Waals surface area contributed by atoms with Gasteiger partial charge in [-0.25, -0.2) is 4.98 Å². The first-order valence-electron chi connectivity index (χ1n) is 9.81. The summed E-state index contributed by atoms with van der Waals surface area (Å²) in [5.74, 6) is -0.103. The molecule has 1 aliphatic heterocycles. The number of aromatic nitrogens is 3. The number of anilines is 2. The van der Waals surface area contributed by atoms with Crippen LogP contribution in [0.4, 0.5) is 11.5 Å². The fraction of sp³-hybridized carbons (Fsp3) is 0.182. The van der Waals surface area contributed by atoms with Crippen LogP contribution in [0.1, 0.15) is 12.1 Å². The second kappa shape index (κ2) is 8.09. The Morgan fingerprint density at radius 1 is 1.16 bits per heavy atom. The number of benzene rings is 1. The van der Waals surface area contributed by atoms with E-state index in [0.29, 0.717) is 17.5 Å². The van der Waals surface area contributed by atoms with Crippen molar-refractivity contribution in [2.24, 2.45) is 5.92 Å². The highest BCUT2D eigenvalue weighted by Gasteiger charge is 2.35. The van der Waals surface area contributed by atoms with Crippen LogP contribution in [0.3, 0.4) is 0 Å². The molecule has 0 unspecified atom stereocenters. The maximum atomic E-state index is 13.0. The molecule has 0 spiro atoms. The maximum Gasteiger partial charge on any atom is 0.230 e. The van der Waals surface area contributed by atoms with Crippen molar-refractivity contribution in [1.29, 1.82) is 0 Å². The minimum atomic E-state index is -0.422. The van der Waals surface area contributed by atoms with Gasteiger partial charge in [0.1, 0.15) is 5.82 Å². The molecule has 3 aromatic heterocycles. The molecule has 4 heterocycles. The van der Waals surface area contributed by atoms with E-state index in [4.69, 9.17) is 0 Å². The summed E-state index contributed by atoms with van der Waals surface area (Å²) >= 11 is 3.10. The number of nitrogens with one attached hydrogen (secondary N) is 1. The average Bonchev–Trinajstić information content (AvgIpc) is 3.55. The Morgan fingerprint density at radius 2 is 2.00 bits per heavy atom. The van der Waals surface area contributed by atoms with Gasteiger partial charge in [0.2, 0.25) is 16.9 Å². The molecule has 0 aliphatic carbocycles. The summed E-state index contributed by atoms with van der Waals surface area (Å²) in [6.45, 7) is 2.23. The van der Waals surface area contributed by atoms with E-state index >= 15 is 0 Å². The Kier molecular flexibility index (Phi) is 5.13. The first-order chi connectivity index (χ1) is 15.1. The van der Waals surface area contributed by atoms with Crippen molar-refractivity contribution in [2.45, 2.75) is 13.3 Å². The van der Waals surface area contributed by atoms with E-state index in [0.717, 1.165) is 22.0 Å². The average molecular weight is 450 g/mol. The highest BCUT2D eigenvalue weighted by Crippen LogP contribution is 2.30. The largest absolute Gasteiger partial charge is 0.312 e. The summed E-state index contributed by atoms with van der Waals surface area (Å²) in [5.41, 5.74) is 2.48. The molecule has 1 saturated heterocycles. The highest BCUT2D eigenvalue weighted by atomic mass is 32.1. The summed E-state index contributed by atoms with van der Waals surface area (Å²) in [6, 6.07) is 15.3. The number of aryl methyl sites for hydroxylation is 1. The van der Waals surface area contributed by atoms with E-state index in [1.807, 2.05) is 66.2 Å². The van der Waals surface area contributed by atoms with E-state index in [1.165, 1.54) is 11.3 Å². The Labute approximate surface area is 187 Å². The number of thiazole rings is 1. The van der Waals surface area contributed by atoms with Crippen molar-refractivity contribution in [3.05, 3.63) is 65.0 Å². The number of carbonyl (C=O) groups excluding carboxylic acids is 2. The number of thiophene rings is 1. The lowest BCUT2D eigenvalue weighted by Crippen LogP contribution is -2.28. The number of hydrogen-bond acceptors (Lipinski definition) is 6. The molecule has 1 fully saturated rings. The predicted octanol–water partition coefficient (Wildman–Crippen LogP) is 4.36. The van der Waals surface area contributed by atoms with Gasteiger partial charge < -0.3 is 10.2 Å². The van der Waals surface area contributed by atoms with Crippen LogP contribution in [-0.2, 0) is 9.59 Å². The summed E-state index contributed by atoms with van der Waals surface area (Å²) < 4.78 is 1.65. The van der Waals surface area contributed by atoms with Crippen LogP contribution in [0.15, 0.2) is 59.3 Å². The van der Waals surface area contributed by atoms with Crippen molar-refractivity contribution in [3.63, 3.8) is 0 Å². The third-order valence-electron chi connectivity index (χ3n) is 5.09. The second-order valence-electron chi connectivity index (χ2n) is 7.31. The van der Waals surface area contributed by atoms with Gasteiger partial charge in [0.15, 0.2) is 0 Å². The smallest absolute Gasteiger partial charge is 0.230 e. The zero-order chi connectivity index (χ0) is 21.4. The molecule has 156 valence electrons. The van der Waals surface area contributed by atoms with Gasteiger partial charge in [-0.2, -0.15) is 9.78 Å². The van der Waals surface area contributed by atoms with Crippen LogP contribution in [0.2, 0.25) is 0 Å². The quantitative estimate of drug-likeness (QED) is 0.491. The molecular weight excluding hydrogens is 430 g/mol. The van der Waals surface area contributed by atoms with Crippen molar-refractivity contribution in [3.8, 4) is 15.7 Å². The molecular formula is C22H19N5O2S2. The van der Waals surface area contributed by atoms with Gasteiger partial charge in [0.25, 0.3) is 0 Å². The third kappa shape index (κ3) is 3.89. The van der Waals surface area contributed by atoms with E-state index in [2.05, 4.69) is 15.4 Å². The first-order valence-corrected chi connectivity index (χ1v) is 11.6. The zero-order valence-corrected chi connectivity index (χ0v) is 18.3. The molecule has 7 nitrogen and oxygen atoms in total. The molecule has 1 atom stereocenters. The van der Waals surface area contributed by atoms with Gasteiger partial charge in [0, 0.05) is 30.1 Å². The summed E-state index contributed by atoms with van der Waals surface area (Å²) in [5, 5.41) is 12.1. The zero-order valence-electron chi connectivity index (χ0n) is 16.7. The standard InChI is InChI=1S/C22H19N5O2S2/c1-14-10-19(27(25-14)22-23-17(13-31-22)18-8-5-9-30-18)24-21(29)15-11-20(28)26(12-15)16-6-3-2-4-7-16/h2-10,13,15H,11-12H2,1H3,(H,24,29)/t15-/m0/s1. The van der Waals surface area contributed by atoms with E-state index < -0.39 is 5.92 Å². The van der Waals surface area contributed by atoms with Crippen LogP contribution in [0.25, 0.3) is 15.7 Å². The van der Waals surface area contributed by atoms with Gasteiger partial charge in [-0.05, 0) is 30.5 Å². The maximum absolute atomic E-state index is 13.0. The normalized spacial score (nSPS) is 16.1. The Bertz CT molecular complexity index is 1230. The van der Waals surface area contributed by atoms with Crippen LogP contribution in [0, 0.1) is 12.8 Å². The van der Waals surface area contributed by atoms with Gasteiger partial charge in [0.05, 0.1) is 22.2 Å². The van der Waals surface area contributed by atoms with E-state index in [1.54, 1.807) is 20.9 Å². The molecule has 5 rings (SSSR count). The van der Waals surface area contributed by atoms with Gasteiger partial charge >= 0.3 is 0 Å². The lowest BCUT2D eigenvalue weighted by atomic mass is 10.1. The predicted molar refractivity (Wildman–Crippen MR) is 123 cm³/mol. The number of nitrogens with zero attached hydrogens (tertiary/aromatic N) is 4. The van der Waals surface area contributed by atoms with Crippen molar-refractivity contribution < 1.29 is 9.59 Å². The van der Waals surface area contributed by atoms with E-state index in [-0.39, 0.29) is 18.2 Å². The van der Waals surface area contributed by atoms with E-state index in [9.17, 15) is 9.59 Å². The molecule has 31 heavy (non-hydrogen) atoms. The first kappa shape index (κ1) is 19.7. The topological polar surface area (TPSA) is 80.1 Å². The van der Waals surface area contributed by atoms with Crippen LogP contribution in [-0.4, -0.2) is 33.1 Å². The fourth-order valence-electron chi connectivity index (χ4n) is 3.60. The SMILES string of the molecule is Cc1cc(NC(=O)[C@H]2CC(=O)N(c3ccccc3)C2)n(-c2nc(-c3cccs3)cs2)n1. The second-order valence-corrected chi connectivity index (χ2v) is 9.09. The van der Waals surface area contributed by atoms with Crippen molar-refractivity contribution in [1.82, 2.24) is 14.8 Å². The van der Waals surface area contributed by atoms with Gasteiger partial charge in [-0.15, -0.1) is 22.7 Å². The Balaban J connectivity index is 1.34. The summed E-state index contributed by atoms with van der Waals surface area (Å²) in [7, 11) is 0. The Hall–Kier alpha value is -3.30. The minimum absolute atomic E-state index is 0.0449. The number of amides is 2. The molecule has 0 radical (unpaired) electrons. The minimum Gasteiger partial charge on any atom is -0.312 e. The third-order valence-corrected chi connectivity index (χ3v) is 6.80. The monoisotopic (exact) mass is 449 g/mol. The lowest BCUT2D eigenvalue weighted by Gasteiger charge is -2.16. The molecule has 0 saturated carbocycles. The molecule has 0 bridgehead atoms. The van der Waals surface area contributed by atoms with Crippen LogP contribution >= 0.6 is 22.7 Å². The van der Waals surface area contributed by atoms with Crippen LogP contribution < -0.4 is 10.2 Å². The molecule has 9 heteroatoms. The summed E-state index contributed by atoms with van der Waals surface area (Å²) in [4.78, 5) is 32.9. The molecule has 1 aliphatic rings. The summed E-state index contributed by atoms with van der Waals surface area (Å²) in [6.07, 6.45) is 0.188. The number of hydrogen-bond donors (Lipinski definition) is 1. The Morgan fingerprint density at radius 3 is 2.77 bits per heavy atom. The van der Waals surface area contributed by atoms with Crippen molar-refractivity contribution >= 4 is 46.0 Å². The van der Waals surface area contributed by atoms with Gasteiger partial charge in [-0.1, -0.05) is 24.3 Å². The molecule has 1 aromatic carbocycles. The van der Waals surface area contributed by atoms with Crippen LogP contribution in [0.5, 0.6) is 0 Å². The number of para-hydroxylation sites is 1. The number of carbonyl (C=O) groups is 2.